The molecule has 1 fully saturated rings. The summed E-state index contributed by atoms with van der Waals surface area (Å²) in [6.45, 7) is 4.58. The van der Waals surface area contributed by atoms with Crippen molar-refractivity contribution in [1.82, 2.24) is 19.7 Å². The molecule has 0 atom stereocenters. The van der Waals surface area contributed by atoms with Crippen molar-refractivity contribution in [3.63, 3.8) is 0 Å². The van der Waals surface area contributed by atoms with Gasteiger partial charge in [-0.05, 0) is 25.1 Å². The van der Waals surface area contributed by atoms with Crippen molar-refractivity contribution in [3.8, 4) is 17.2 Å². The highest BCUT2D eigenvalue weighted by molar-refractivity contribution is 5.93. The molecule has 0 spiro atoms. The predicted molar refractivity (Wildman–Crippen MR) is 114 cm³/mol. The summed E-state index contributed by atoms with van der Waals surface area (Å²) in [6, 6.07) is 11.4. The van der Waals surface area contributed by atoms with Crippen LogP contribution < -0.4 is 14.4 Å². The average molecular weight is 407 g/mol. The van der Waals surface area contributed by atoms with Crippen LogP contribution in [0.4, 0.5) is 5.69 Å². The number of piperazine rings is 1. The van der Waals surface area contributed by atoms with Crippen molar-refractivity contribution in [2.45, 2.75) is 6.92 Å². The van der Waals surface area contributed by atoms with Crippen LogP contribution in [0.1, 0.15) is 16.2 Å². The highest BCUT2D eigenvalue weighted by Crippen LogP contribution is 2.29. The Morgan fingerprint density at radius 2 is 1.67 bits per heavy atom. The second kappa shape index (κ2) is 8.44. The third-order valence-electron chi connectivity index (χ3n) is 5.21. The number of ether oxygens (including phenoxy) is 2. The third-order valence-corrected chi connectivity index (χ3v) is 5.21. The first kappa shape index (κ1) is 19.8. The molecule has 0 radical (unpaired) electrons. The van der Waals surface area contributed by atoms with E-state index in [9.17, 15) is 4.79 Å². The van der Waals surface area contributed by atoms with E-state index < -0.39 is 0 Å². The highest BCUT2D eigenvalue weighted by atomic mass is 16.5. The number of hydrogen-bond donors (Lipinski definition) is 0. The van der Waals surface area contributed by atoms with Gasteiger partial charge in [0, 0.05) is 56.3 Å². The van der Waals surface area contributed by atoms with E-state index in [4.69, 9.17) is 9.47 Å². The molecule has 30 heavy (non-hydrogen) atoms. The Balaban J connectivity index is 1.50. The number of carbonyl (C=O) groups excluding carboxylic acids is 1. The molecule has 3 aromatic rings. The van der Waals surface area contributed by atoms with E-state index in [-0.39, 0.29) is 5.91 Å². The van der Waals surface area contributed by atoms with Gasteiger partial charge in [0.1, 0.15) is 17.2 Å². The molecule has 1 saturated heterocycles. The molecular weight excluding hydrogens is 382 g/mol. The fraction of sp³-hybridized carbons (Fsp3) is 0.318. The number of nitrogens with zero attached hydrogens (tertiary/aromatic N) is 5. The average Bonchev–Trinajstić information content (AvgIpc) is 3.20. The van der Waals surface area contributed by atoms with E-state index in [0.29, 0.717) is 18.8 Å². The summed E-state index contributed by atoms with van der Waals surface area (Å²) in [4.78, 5) is 21.5. The van der Waals surface area contributed by atoms with Crippen LogP contribution in [0.15, 0.2) is 48.8 Å². The fourth-order valence-electron chi connectivity index (χ4n) is 3.63. The quantitative estimate of drug-likeness (QED) is 0.647. The summed E-state index contributed by atoms with van der Waals surface area (Å²) in [6.07, 6.45) is 3.41. The summed E-state index contributed by atoms with van der Waals surface area (Å²) in [5.41, 5.74) is 3.15. The number of rotatable bonds is 5. The number of amides is 1. The molecule has 0 aliphatic carbocycles. The van der Waals surface area contributed by atoms with Crippen molar-refractivity contribution < 1.29 is 14.3 Å². The Bertz CT molecular complexity index is 1000. The Morgan fingerprint density at radius 1 is 0.967 bits per heavy atom. The molecule has 8 heteroatoms. The summed E-state index contributed by atoms with van der Waals surface area (Å²) < 4.78 is 12.4. The second-order valence-corrected chi connectivity index (χ2v) is 7.14. The zero-order valence-corrected chi connectivity index (χ0v) is 17.4. The number of anilines is 1. The maximum atomic E-state index is 13.2. The van der Waals surface area contributed by atoms with Gasteiger partial charge in [-0.15, -0.1) is 0 Å². The van der Waals surface area contributed by atoms with Crippen LogP contribution in [0, 0.1) is 6.92 Å². The van der Waals surface area contributed by atoms with Crippen LogP contribution >= 0.6 is 0 Å². The van der Waals surface area contributed by atoms with Gasteiger partial charge in [0.25, 0.3) is 5.91 Å². The van der Waals surface area contributed by atoms with Crippen molar-refractivity contribution >= 4 is 11.6 Å². The molecule has 1 aromatic carbocycles. The molecule has 0 saturated carbocycles. The molecule has 0 N–H and O–H groups in total. The number of pyridine rings is 1. The van der Waals surface area contributed by atoms with Crippen LogP contribution in [-0.4, -0.2) is 66.0 Å². The zero-order chi connectivity index (χ0) is 21.1. The van der Waals surface area contributed by atoms with E-state index in [1.54, 1.807) is 31.3 Å². The van der Waals surface area contributed by atoms with E-state index in [1.807, 2.05) is 48.2 Å². The van der Waals surface area contributed by atoms with Gasteiger partial charge in [0.2, 0.25) is 0 Å². The first-order chi connectivity index (χ1) is 14.6. The number of methoxy groups -OCH3 is 2. The SMILES string of the molecule is COc1cc(OC)cc(N2CCN(C(=O)c3cc(C)nn3-c3cccnc3)CC2)c1. The fourth-order valence-corrected chi connectivity index (χ4v) is 3.63. The monoisotopic (exact) mass is 407 g/mol. The lowest BCUT2D eigenvalue weighted by molar-refractivity contribution is 0.0737. The minimum Gasteiger partial charge on any atom is -0.497 e. The van der Waals surface area contributed by atoms with E-state index in [1.165, 1.54) is 0 Å². The molecule has 1 amide bonds. The molecule has 8 nitrogen and oxygen atoms in total. The first-order valence-corrected chi connectivity index (χ1v) is 9.83. The molecule has 1 aliphatic rings. The van der Waals surface area contributed by atoms with Crippen LogP contribution in [-0.2, 0) is 0 Å². The van der Waals surface area contributed by atoms with Crippen LogP contribution in [0.5, 0.6) is 11.5 Å². The van der Waals surface area contributed by atoms with Crippen molar-refractivity contribution in [2.75, 3.05) is 45.3 Å². The smallest absolute Gasteiger partial charge is 0.272 e. The van der Waals surface area contributed by atoms with Crippen molar-refractivity contribution in [2.24, 2.45) is 0 Å². The lowest BCUT2D eigenvalue weighted by atomic mass is 10.2. The topological polar surface area (TPSA) is 72.7 Å². The third kappa shape index (κ3) is 3.94. The summed E-state index contributed by atoms with van der Waals surface area (Å²) >= 11 is 0. The predicted octanol–water partition coefficient (Wildman–Crippen LogP) is 2.56. The maximum absolute atomic E-state index is 13.2. The Kier molecular flexibility index (Phi) is 5.56. The lowest BCUT2D eigenvalue weighted by Gasteiger charge is -2.36. The Labute approximate surface area is 175 Å². The normalized spacial score (nSPS) is 14.0. The number of aromatic nitrogens is 3. The Morgan fingerprint density at radius 3 is 2.27 bits per heavy atom. The Hall–Kier alpha value is -3.55. The largest absolute Gasteiger partial charge is 0.497 e. The van der Waals surface area contributed by atoms with Gasteiger partial charge in [-0.25, -0.2) is 4.68 Å². The number of aryl methyl sites for hydroxylation is 1. The highest BCUT2D eigenvalue weighted by Gasteiger charge is 2.26. The minimum atomic E-state index is -0.0256. The van der Waals surface area contributed by atoms with Crippen LogP contribution in [0.3, 0.4) is 0 Å². The molecular formula is C22H25N5O3. The molecule has 156 valence electrons. The van der Waals surface area contributed by atoms with Gasteiger partial charge in [-0.1, -0.05) is 0 Å². The van der Waals surface area contributed by atoms with E-state index >= 15 is 0 Å². The number of benzene rings is 1. The summed E-state index contributed by atoms with van der Waals surface area (Å²) in [5.74, 6) is 1.47. The second-order valence-electron chi connectivity index (χ2n) is 7.14. The van der Waals surface area contributed by atoms with Gasteiger partial charge in [0.05, 0.1) is 31.8 Å². The molecule has 4 rings (SSSR count). The first-order valence-electron chi connectivity index (χ1n) is 9.83. The van der Waals surface area contributed by atoms with Crippen molar-refractivity contribution in [1.29, 1.82) is 0 Å². The van der Waals surface area contributed by atoms with Gasteiger partial charge in [-0.3, -0.25) is 9.78 Å². The van der Waals surface area contributed by atoms with Gasteiger partial charge in [-0.2, -0.15) is 5.10 Å². The number of carbonyl (C=O) groups is 1. The number of hydrogen-bond acceptors (Lipinski definition) is 6. The van der Waals surface area contributed by atoms with Gasteiger partial charge >= 0.3 is 0 Å². The zero-order valence-electron chi connectivity index (χ0n) is 17.4. The standard InChI is InChI=1S/C22H25N5O3/c1-16-11-21(27(24-16)17-5-4-6-23-15-17)22(28)26-9-7-25(8-10-26)18-12-19(29-2)14-20(13-18)30-3/h4-6,11-15H,7-10H2,1-3H3. The molecule has 0 bridgehead atoms. The minimum absolute atomic E-state index is 0.0256. The van der Waals surface area contributed by atoms with Crippen molar-refractivity contribution in [3.05, 3.63) is 60.2 Å². The summed E-state index contributed by atoms with van der Waals surface area (Å²) in [5, 5.41) is 4.49. The molecule has 3 heterocycles. The van der Waals surface area contributed by atoms with Gasteiger partial charge < -0.3 is 19.3 Å². The van der Waals surface area contributed by atoms with E-state index in [2.05, 4.69) is 15.0 Å². The molecule has 1 aliphatic heterocycles. The lowest BCUT2D eigenvalue weighted by Crippen LogP contribution is -2.49. The van der Waals surface area contributed by atoms with Crippen LogP contribution in [0.2, 0.25) is 0 Å². The maximum Gasteiger partial charge on any atom is 0.272 e. The summed E-state index contributed by atoms with van der Waals surface area (Å²) in [7, 11) is 3.28. The van der Waals surface area contributed by atoms with Crippen LogP contribution in [0.25, 0.3) is 5.69 Å². The molecule has 0 unspecified atom stereocenters. The van der Waals surface area contributed by atoms with E-state index in [0.717, 1.165) is 41.7 Å². The molecule has 2 aromatic heterocycles. The van der Waals surface area contributed by atoms with Gasteiger partial charge in [0.15, 0.2) is 0 Å².